The van der Waals surface area contributed by atoms with E-state index in [-0.39, 0.29) is 0 Å². The third-order valence-electron chi connectivity index (χ3n) is 1.69. The fourth-order valence-corrected chi connectivity index (χ4v) is 1.02. The number of hydrogen-bond donors (Lipinski definition) is 2. The van der Waals surface area contributed by atoms with Gasteiger partial charge in [-0.25, -0.2) is 0 Å². The normalized spacial score (nSPS) is 15.2. The maximum atomic E-state index is 5.66. The number of allylic oxidation sites excluding steroid dienone is 1. The van der Waals surface area contributed by atoms with Gasteiger partial charge in [0.25, 0.3) is 0 Å². The van der Waals surface area contributed by atoms with Crippen LogP contribution in [0.4, 0.5) is 11.5 Å². The van der Waals surface area contributed by atoms with Crippen LogP contribution in [0.25, 0.3) is 0 Å². The standard InChI is InChI=1S/C7H10N6/c8-6-5-11-13(7(6)9)12-4-2-1-3-10-12/h2-5H,1,8-9H2. The Morgan fingerprint density at radius 3 is 2.77 bits per heavy atom. The van der Waals surface area contributed by atoms with Gasteiger partial charge in [-0.3, -0.25) is 0 Å². The Labute approximate surface area is 75.1 Å². The van der Waals surface area contributed by atoms with E-state index < -0.39 is 0 Å². The van der Waals surface area contributed by atoms with E-state index in [0.717, 1.165) is 6.42 Å². The second-order valence-corrected chi connectivity index (χ2v) is 2.61. The second-order valence-electron chi connectivity index (χ2n) is 2.61. The van der Waals surface area contributed by atoms with E-state index in [9.17, 15) is 0 Å². The predicted octanol–water partition coefficient (Wildman–Crippen LogP) is -0.111. The zero-order valence-corrected chi connectivity index (χ0v) is 6.96. The van der Waals surface area contributed by atoms with Crippen LogP contribution in [0.5, 0.6) is 0 Å². The molecule has 13 heavy (non-hydrogen) atoms. The van der Waals surface area contributed by atoms with Crippen molar-refractivity contribution in [3.05, 3.63) is 18.5 Å². The molecule has 68 valence electrons. The summed E-state index contributed by atoms with van der Waals surface area (Å²) < 4.78 is 0. The number of nitrogens with zero attached hydrogens (tertiary/aromatic N) is 4. The lowest BCUT2D eigenvalue weighted by Crippen LogP contribution is -2.27. The number of anilines is 2. The highest BCUT2D eigenvalue weighted by molar-refractivity contribution is 5.63. The van der Waals surface area contributed by atoms with Crippen molar-refractivity contribution in [1.82, 2.24) is 9.89 Å². The number of hydrazone groups is 1. The molecule has 4 N–H and O–H groups in total. The molecule has 6 nitrogen and oxygen atoms in total. The Hall–Kier alpha value is -1.98. The maximum Gasteiger partial charge on any atom is 0.170 e. The van der Waals surface area contributed by atoms with Crippen molar-refractivity contribution in [2.45, 2.75) is 6.42 Å². The Bertz CT molecular complexity index is 351. The molecule has 0 radical (unpaired) electrons. The molecule has 0 unspecified atom stereocenters. The first-order valence-corrected chi connectivity index (χ1v) is 3.86. The fraction of sp³-hybridized carbons (Fsp3) is 0.143. The van der Waals surface area contributed by atoms with Gasteiger partial charge >= 0.3 is 0 Å². The maximum absolute atomic E-state index is 5.66. The van der Waals surface area contributed by atoms with Crippen molar-refractivity contribution in [3.8, 4) is 0 Å². The van der Waals surface area contributed by atoms with E-state index in [2.05, 4.69) is 10.2 Å². The van der Waals surface area contributed by atoms with Crippen LogP contribution in [0.15, 0.2) is 23.6 Å². The van der Waals surface area contributed by atoms with Crippen molar-refractivity contribution >= 4 is 17.7 Å². The molecule has 0 saturated heterocycles. The van der Waals surface area contributed by atoms with Crippen LogP contribution in [-0.4, -0.2) is 16.1 Å². The van der Waals surface area contributed by atoms with Crippen LogP contribution < -0.4 is 16.6 Å². The lowest BCUT2D eigenvalue weighted by atomic mass is 10.4. The number of aromatic nitrogens is 2. The molecule has 1 aromatic heterocycles. The van der Waals surface area contributed by atoms with Crippen LogP contribution in [-0.2, 0) is 0 Å². The predicted molar refractivity (Wildman–Crippen MR) is 51.5 cm³/mol. The van der Waals surface area contributed by atoms with E-state index in [1.54, 1.807) is 12.4 Å². The molecule has 0 atom stereocenters. The highest BCUT2D eigenvalue weighted by Crippen LogP contribution is 2.13. The molecule has 0 aromatic carbocycles. The van der Waals surface area contributed by atoms with Gasteiger partial charge in [0.1, 0.15) is 0 Å². The average Bonchev–Trinajstić information content (AvgIpc) is 2.49. The number of nitrogen functional groups attached to an aromatic ring is 2. The average molecular weight is 178 g/mol. The van der Waals surface area contributed by atoms with Gasteiger partial charge in [-0.2, -0.15) is 15.3 Å². The minimum absolute atomic E-state index is 0.392. The van der Waals surface area contributed by atoms with E-state index in [4.69, 9.17) is 11.5 Å². The number of hydrogen-bond acceptors (Lipinski definition) is 5. The summed E-state index contributed by atoms with van der Waals surface area (Å²) in [7, 11) is 0. The van der Waals surface area contributed by atoms with Gasteiger partial charge in [-0.1, -0.05) is 6.08 Å². The summed E-state index contributed by atoms with van der Waals surface area (Å²) in [4.78, 5) is 1.43. The molecule has 0 amide bonds. The van der Waals surface area contributed by atoms with E-state index in [1.807, 2.05) is 6.08 Å². The smallest absolute Gasteiger partial charge is 0.170 e. The summed E-state index contributed by atoms with van der Waals surface area (Å²) in [6.45, 7) is 0. The molecule has 6 heteroatoms. The van der Waals surface area contributed by atoms with Gasteiger partial charge in [0.2, 0.25) is 0 Å². The van der Waals surface area contributed by atoms with E-state index in [1.165, 1.54) is 16.1 Å². The van der Waals surface area contributed by atoms with Crippen LogP contribution in [0.1, 0.15) is 6.42 Å². The van der Waals surface area contributed by atoms with Crippen LogP contribution in [0.3, 0.4) is 0 Å². The molecular weight excluding hydrogens is 168 g/mol. The first-order valence-electron chi connectivity index (χ1n) is 3.86. The summed E-state index contributed by atoms with van der Waals surface area (Å²) in [5.41, 5.74) is 11.6. The van der Waals surface area contributed by atoms with Gasteiger partial charge in [0.15, 0.2) is 5.82 Å². The molecule has 1 aliphatic heterocycles. The Morgan fingerprint density at radius 1 is 1.38 bits per heavy atom. The van der Waals surface area contributed by atoms with Crippen molar-refractivity contribution in [2.75, 3.05) is 16.6 Å². The first kappa shape index (κ1) is 7.66. The van der Waals surface area contributed by atoms with Gasteiger partial charge < -0.3 is 11.5 Å². The van der Waals surface area contributed by atoms with Gasteiger partial charge in [-0.15, -0.1) is 4.79 Å². The minimum Gasteiger partial charge on any atom is -0.394 e. The van der Waals surface area contributed by atoms with E-state index >= 15 is 0 Å². The summed E-state index contributed by atoms with van der Waals surface area (Å²) in [5.74, 6) is 0.392. The molecule has 1 aromatic rings. The topological polar surface area (TPSA) is 85.5 Å². The second kappa shape index (κ2) is 2.81. The zero-order chi connectivity index (χ0) is 9.26. The molecule has 1 aliphatic rings. The lowest BCUT2D eigenvalue weighted by molar-refractivity contribution is 0.635. The molecule has 2 heterocycles. The molecular formula is C7H10N6. The molecule has 0 aliphatic carbocycles. The van der Waals surface area contributed by atoms with Gasteiger partial charge in [0, 0.05) is 18.8 Å². The zero-order valence-electron chi connectivity index (χ0n) is 6.96. The summed E-state index contributed by atoms with van der Waals surface area (Å²) >= 11 is 0. The van der Waals surface area contributed by atoms with Crippen LogP contribution in [0, 0.1) is 0 Å². The van der Waals surface area contributed by atoms with Crippen molar-refractivity contribution in [3.63, 3.8) is 0 Å². The Kier molecular flexibility index (Phi) is 1.66. The molecule has 0 spiro atoms. The van der Waals surface area contributed by atoms with E-state index in [0.29, 0.717) is 11.5 Å². The monoisotopic (exact) mass is 178 g/mol. The minimum atomic E-state index is 0.392. The lowest BCUT2D eigenvalue weighted by Gasteiger charge is -2.16. The first-order chi connectivity index (χ1) is 6.29. The summed E-state index contributed by atoms with van der Waals surface area (Å²) in [5, 5.41) is 9.55. The van der Waals surface area contributed by atoms with Crippen LogP contribution in [0.2, 0.25) is 0 Å². The highest BCUT2D eigenvalue weighted by Gasteiger charge is 2.09. The Balaban J connectivity index is 2.34. The number of nitrogens with two attached hydrogens (primary N) is 2. The summed E-state index contributed by atoms with van der Waals surface area (Å²) in [6.07, 6.45) is 7.81. The van der Waals surface area contributed by atoms with Crippen molar-refractivity contribution < 1.29 is 0 Å². The van der Waals surface area contributed by atoms with Gasteiger partial charge in [0.05, 0.1) is 11.9 Å². The molecule has 0 fully saturated rings. The third kappa shape index (κ3) is 1.22. The number of rotatable bonds is 1. The summed E-state index contributed by atoms with van der Waals surface area (Å²) in [6, 6.07) is 0. The van der Waals surface area contributed by atoms with Crippen molar-refractivity contribution in [1.29, 1.82) is 0 Å². The molecule has 0 saturated carbocycles. The fourth-order valence-electron chi connectivity index (χ4n) is 1.02. The quantitative estimate of drug-likeness (QED) is 0.628. The molecule has 2 rings (SSSR count). The highest BCUT2D eigenvalue weighted by atomic mass is 15.8. The largest absolute Gasteiger partial charge is 0.394 e. The van der Waals surface area contributed by atoms with Crippen molar-refractivity contribution in [2.24, 2.45) is 5.10 Å². The Morgan fingerprint density at radius 2 is 2.23 bits per heavy atom. The SMILES string of the molecule is Nc1cnn(N2C=CCC=N2)c1N. The van der Waals surface area contributed by atoms with Gasteiger partial charge in [-0.05, 0) is 0 Å². The third-order valence-corrected chi connectivity index (χ3v) is 1.69. The van der Waals surface area contributed by atoms with Crippen LogP contribution >= 0.6 is 0 Å². The molecule has 0 bridgehead atoms.